The zero-order valence-electron chi connectivity index (χ0n) is 26.7. The molecule has 4 aromatic carbocycles. The maximum absolute atomic E-state index is 13.7. The zero-order chi connectivity index (χ0) is 40.4. The van der Waals surface area contributed by atoms with Crippen molar-refractivity contribution in [3.8, 4) is 0 Å². The first-order valence-electron chi connectivity index (χ1n) is 14.5. The maximum atomic E-state index is 13.7. The molecular formula is C29H20ClN7O14S4. The summed E-state index contributed by atoms with van der Waals surface area (Å²) in [4.78, 5) is 35.1. The number of aromatic nitrogens is 3. The van der Waals surface area contributed by atoms with Crippen molar-refractivity contribution in [2.45, 2.75) is 19.6 Å². The fourth-order valence-corrected chi connectivity index (χ4v) is 7.96. The second-order valence-corrected chi connectivity index (χ2v) is 17.1. The van der Waals surface area contributed by atoms with Gasteiger partial charge in [0.25, 0.3) is 40.5 Å². The van der Waals surface area contributed by atoms with Gasteiger partial charge in [-0.2, -0.15) is 48.6 Å². The summed E-state index contributed by atoms with van der Waals surface area (Å²) in [7, 11) is -20.1. The molecular weight excluding hydrogens is 834 g/mol. The number of nitrogens with zero attached hydrogens (tertiary/aromatic N) is 3. The molecule has 55 heavy (non-hydrogen) atoms. The molecule has 5 aromatic rings. The van der Waals surface area contributed by atoms with Crippen molar-refractivity contribution in [3.05, 3.63) is 94.3 Å². The molecule has 0 unspecified atom stereocenters. The van der Waals surface area contributed by atoms with Gasteiger partial charge in [0, 0.05) is 16.8 Å². The van der Waals surface area contributed by atoms with E-state index in [0.29, 0.717) is 18.2 Å². The molecule has 0 spiro atoms. The van der Waals surface area contributed by atoms with Crippen LogP contribution in [0.2, 0.25) is 5.28 Å². The third kappa shape index (κ3) is 7.81. The number of hydrogen-bond acceptors (Lipinski definition) is 17. The molecule has 1 aliphatic carbocycles. The average molecular weight is 854 g/mol. The van der Waals surface area contributed by atoms with E-state index in [1.807, 2.05) is 0 Å². The average Bonchev–Trinajstić information content (AvgIpc) is 3.05. The SMILES string of the molecule is Nc1c(S(=O)(=O)O)cc(Nc2ccc(S(=O)(=O)O)c(Nc3nc(Cl)nc(Nc4cc(S(=O)(=O)O)ccc4S(=O)(=O)O)n3)c2)c2c1C(=O)c1ccccc1C2=O. The Labute approximate surface area is 314 Å². The van der Waals surface area contributed by atoms with Crippen molar-refractivity contribution in [2.75, 3.05) is 21.7 Å². The number of anilines is 7. The number of ketones is 2. The lowest BCUT2D eigenvalue weighted by Gasteiger charge is -2.24. The third-order valence-corrected chi connectivity index (χ3v) is 11.4. The fraction of sp³-hybridized carbons (Fsp3) is 0. The van der Waals surface area contributed by atoms with Gasteiger partial charge in [-0.25, -0.2) is 0 Å². The van der Waals surface area contributed by atoms with Crippen LogP contribution in [0.4, 0.5) is 40.3 Å². The molecule has 6 rings (SSSR count). The summed E-state index contributed by atoms with van der Waals surface area (Å²) in [6, 6.07) is 11.2. The van der Waals surface area contributed by atoms with Crippen molar-refractivity contribution in [1.29, 1.82) is 0 Å². The van der Waals surface area contributed by atoms with E-state index in [2.05, 4.69) is 30.9 Å². The zero-order valence-corrected chi connectivity index (χ0v) is 30.7. The lowest BCUT2D eigenvalue weighted by molar-refractivity contribution is 0.0980. The van der Waals surface area contributed by atoms with Gasteiger partial charge in [0.15, 0.2) is 11.6 Å². The van der Waals surface area contributed by atoms with Crippen LogP contribution >= 0.6 is 11.6 Å². The quantitative estimate of drug-likeness (QED) is 0.0724. The number of hydrogen-bond donors (Lipinski definition) is 8. The molecule has 0 saturated heterocycles. The predicted molar refractivity (Wildman–Crippen MR) is 191 cm³/mol. The van der Waals surface area contributed by atoms with Gasteiger partial charge >= 0.3 is 0 Å². The first-order chi connectivity index (χ1) is 25.4. The highest BCUT2D eigenvalue weighted by molar-refractivity contribution is 7.86. The molecule has 1 aliphatic rings. The van der Waals surface area contributed by atoms with Gasteiger partial charge in [-0.3, -0.25) is 27.8 Å². The van der Waals surface area contributed by atoms with E-state index < -0.39 is 117 Å². The number of halogens is 1. The maximum Gasteiger partial charge on any atom is 0.296 e. The molecule has 286 valence electrons. The predicted octanol–water partition coefficient (Wildman–Crippen LogP) is 3.10. The Morgan fingerprint density at radius 2 is 1.04 bits per heavy atom. The van der Waals surface area contributed by atoms with E-state index in [1.54, 1.807) is 0 Å². The summed E-state index contributed by atoms with van der Waals surface area (Å²) in [5, 5.41) is 6.78. The number of carbonyl (C=O) groups excluding carboxylic acids is 2. The van der Waals surface area contributed by atoms with Crippen LogP contribution in [0.15, 0.2) is 86.3 Å². The number of carbonyl (C=O) groups is 2. The van der Waals surface area contributed by atoms with E-state index in [9.17, 15) is 61.5 Å². The van der Waals surface area contributed by atoms with Gasteiger partial charge < -0.3 is 21.7 Å². The van der Waals surface area contributed by atoms with Crippen LogP contribution in [-0.2, 0) is 40.5 Å². The minimum Gasteiger partial charge on any atom is -0.397 e. The van der Waals surface area contributed by atoms with E-state index in [-0.39, 0.29) is 22.5 Å². The topological polar surface area (TPSA) is 352 Å². The molecule has 1 heterocycles. The number of nitrogens with two attached hydrogens (primary N) is 1. The molecule has 0 aliphatic heterocycles. The highest BCUT2D eigenvalue weighted by Gasteiger charge is 2.36. The van der Waals surface area contributed by atoms with Gasteiger partial charge in [-0.05, 0) is 54.1 Å². The molecule has 0 bridgehead atoms. The Bertz CT molecular complexity index is 2980. The summed E-state index contributed by atoms with van der Waals surface area (Å²) >= 11 is 6.01. The van der Waals surface area contributed by atoms with Crippen LogP contribution in [0.3, 0.4) is 0 Å². The molecule has 21 nitrogen and oxygen atoms in total. The van der Waals surface area contributed by atoms with Crippen molar-refractivity contribution in [3.63, 3.8) is 0 Å². The summed E-state index contributed by atoms with van der Waals surface area (Å²) in [6.45, 7) is 0. The molecule has 0 fully saturated rings. The van der Waals surface area contributed by atoms with Crippen LogP contribution < -0.4 is 21.7 Å². The normalized spacial score (nSPS) is 13.2. The number of fused-ring (bicyclic) bond motifs is 2. The van der Waals surface area contributed by atoms with Crippen LogP contribution in [0, 0.1) is 0 Å². The molecule has 0 amide bonds. The lowest BCUT2D eigenvalue weighted by Crippen LogP contribution is -2.25. The van der Waals surface area contributed by atoms with E-state index in [1.165, 1.54) is 24.3 Å². The van der Waals surface area contributed by atoms with Crippen molar-refractivity contribution >= 4 is 104 Å². The number of nitrogen functional groups attached to an aromatic ring is 1. The van der Waals surface area contributed by atoms with Crippen molar-refractivity contribution in [1.82, 2.24) is 15.0 Å². The highest BCUT2D eigenvalue weighted by atomic mass is 35.5. The summed E-state index contributed by atoms with van der Waals surface area (Å²) in [5.41, 5.74) is 2.45. The summed E-state index contributed by atoms with van der Waals surface area (Å²) in [6.07, 6.45) is 0. The van der Waals surface area contributed by atoms with Crippen LogP contribution in [0.1, 0.15) is 31.8 Å². The largest absolute Gasteiger partial charge is 0.397 e. The first kappa shape index (κ1) is 39.1. The van der Waals surface area contributed by atoms with Gasteiger partial charge in [-0.1, -0.05) is 24.3 Å². The van der Waals surface area contributed by atoms with Gasteiger partial charge in [0.2, 0.25) is 17.2 Å². The van der Waals surface area contributed by atoms with E-state index >= 15 is 0 Å². The Morgan fingerprint density at radius 3 is 1.55 bits per heavy atom. The van der Waals surface area contributed by atoms with Crippen LogP contribution in [-0.4, -0.2) is 78.4 Å². The number of benzene rings is 4. The fourth-order valence-electron chi connectivity index (χ4n) is 5.39. The first-order valence-corrected chi connectivity index (χ1v) is 20.6. The minimum atomic E-state index is -5.11. The monoisotopic (exact) mass is 853 g/mol. The Kier molecular flexibility index (Phi) is 9.65. The molecule has 9 N–H and O–H groups in total. The lowest BCUT2D eigenvalue weighted by atomic mass is 9.82. The number of rotatable bonds is 10. The second kappa shape index (κ2) is 13.6. The smallest absolute Gasteiger partial charge is 0.296 e. The molecule has 0 saturated carbocycles. The second-order valence-electron chi connectivity index (χ2n) is 11.2. The van der Waals surface area contributed by atoms with E-state index in [4.69, 9.17) is 17.3 Å². The highest BCUT2D eigenvalue weighted by Crippen LogP contribution is 2.41. The van der Waals surface area contributed by atoms with Crippen LogP contribution in [0.5, 0.6) is 0 Å². The van der Waals surface area contributed by atoms with E-state index in [0.717, 1.165) is 24.3 Å². The summed E-state index contributed by atoms with van der Waals surface area (Å²) in [5.74, 6) is -2.87. The Balaban J connectivity index is 1.44. The minimum absolute atomic E-state index is 0.0596. The molecule has 26 heteroatoms. The Hall–Kier alpha value is -5.64. The molecule has 0 atom stereocenters. The van der Waals surface area contributed by atoms with Crippen LogP contribution in [0.25, 0.3) is 0 Å². The summed E-state index contributed by atoms with van der Waals surface area (Å²) < 4.78 is 136. The van der Waals surface area contributed by atoms with Crippen molar-refractivity contribution < 1.29 is 61.5 Å². The third-order valence-electron chi connectivity index (χ3n) is 7.64. The van der Waals surface area contributed by atoms with Gasteiger partial charge in [0.05, 0.1) is 38.8 Å². The number of nitrogens with one attached hydrogen (secondary N) is 3. The van der Waals surface area contributed by atoms with Gasteiger partial charge in [-0.15, -0.1) is 0 Å². The van der Waals surface area contributed by atoms with Gasteiger partial charge in [0.1, 0.15) is 14.7 Å². The van der Waals surface area contributed by atoms with Crippen molar-refractivity contribution in [2.24, 2.45) is 0 Å². The molecule has 0 radical (unpaired) electrons. The molecule has 1 aromatic heterocycles. The Morgan fingerprint density at radius 1 is 0.545 bits per heavy atom. The standard InChI is InChI=1S/C29H20ClN7O14S4/c30-27-35-28(37-29(36-27)34-17-10-13(52(40,41)42)6-8-20(17)54(46,47)48)33-16-9-12(5-7-19(16)53(43,44)45)32-18-11-21(55(49,50)51)24(31)23-22(18)25(38)14-3-1-2-4-15(14)26(23)39/h1-11,32H,31H2,(H,40,41,42)(H,43,44,45)(H,46,47,48)(H,49,50,51)(H2,33,34,35,36,37).